The predicted molar refractivity (Wildman–Crippen MR) is 98.0 cm³/mol. The maximum Gasteiger partial charge on any atom is 0.392 e. The third kappa shape index (κ3) is 5.35. The first kappa shape index (κ1) is 20.8. The monoisotopic (exact) mass is 428 g/mol. The number of carbonyl (C=O) groups excluding carboxylic acids is 1. The van der Waals surface area contributed by atoms with Crippen LogP contribution >= 0.6 is 11.6 Å². The molecule has 0 radical (unpaired) electrons. The quantitative estimate of drug-likeness (QED) is 0.528. The first-order chi connectivity index (χ1) is 13.8. The van der Waals surface area contributed by atoms with E-state index in [1.807, 2.05) is 0 Å². The lowest BCUT2D eigenvalue weighted by Crippen LogP contribution is -2.13. The van der Waals surface area contributed by atoms with Crippen LogP contribution in [0.2, 0.25) is 5.02 Å². The van der Waals surface area contributed by atoms with Crippen LogP contribution in [0.1, 0.15) is 29.4 Å². The van der Waals surface area contributed by atoms with Gasteiger partial charge in [0.15, 0.2) is 5.69 Å². The number of hydrogen-bond acceptors (Lipinski definition) is 6. The van der Waals surface area contributed by atoms with Crippen LogP contribution in [0.5, 0.6) is 5.88 Å². The molecule has 0 fully saturated rings. The highest BCUT2D eigenvalue weighted by molar-refractivity contribution is 6.31. The van der Waals surface area contributed by atoms with E-state index < -0.39 is 25.2 Å². The van der Waals surface area contributed by atoms with Gasteiger partial charge in [-0.3, -0.25) is 4.68 Å². The van der Waals surface area contributed by atoms with E-state index >= 15 is 0 Å². The molecule has 0 aliphatic heterocycles. The first-order valence-corrected chi connectivity index (χ1v) is 8.98. The van der Waals surface area contributed by atoms with Gasteiger partial charge in [0.1, 0.15) is 5.02 Å². The topological polar surface area (TPSA) is 79.1 Å². The smallest absolute Gasteiger partial charge is 0.392 e. The molecule has 3 aromatic rings. The van der Waals surface area contributed by atoms with Crippen LogP contribution < -0.4 is 4.74 Å². The van der Waals surface area contributed by atoms with Crippen molar-refractivity contribution in [3.05, 3.63) is 47.0 Å². The standard InChI is InChI=1S/C18H16ClF3N4O3/c1-2-28-17(27)15-12-10-26(25-14(12)3-5-23-15)9-11-7-13(19)16(24-8-11)29-6-4-18(20,21)22/h3,5,7-8,10H,2,4,6,9H2,1H3. The first-order valence-electron chi connectivity index (χ1n) is 8.60. The average Bonchev–Trinajstić information content (AvgIpc) is 3.05. The van der Waals surface area contributed by atoms with Gasteiger partial charge in [0.05, 0.1) is 37.1 Å². The van der Waals surface area contributed by atoms with E-state index in [0.29, 0.717) is 16.5 Å². The number of nitrogens with zero attached hydrogens (tertiary/aromatic N) is 4. The molecule has 0 atom stereocenters. The number of rotatable bonds is 7. The molecule has 154 valence electrons. The summed E-state index contributed by atoms with van der Waals surface area (Å²) in [6.07, 6.45) is -0.853. The highest BCUT2D eigenvalue weighted by Crippen LogP contribution is 2.25. The van der Waals surface area contributed by atoms with E-state index in [0.717, 1.165) is 0 Å². The van der Waals surface area contributed by atoms with E-state index in [2.05, 4.69) is 15.1 Å². The van der Waals surface area contributed by atoms with Gasteiger partial charge in [-0.2, -0.15) is 18.3 Å². The summed E-state index contributed by atoms with van der Waals surface area (Å²) in [5, 5.41) is 5.01. The van der Waals surface area contributed by atoms with Gasteiger partial charge in [0.25, 0.3) is 0 Å². The lowest BCUT2D eigenvalue weighted by molar-refractivity contribution is -0.139. The summed E-state index contributed by atoms with van der Waals surface area (Å²) in [7, 11) is 0. The fourth-order valence-electron chi connectivity index (χ4n) is 2.55. The molecule has 0 bridgehead atoms. The number of aromatic nitrogens is 4. The van der Waals surface area contributed by atoms with Crippen molar-refractivity contribution in [3.63, 3.8) is 0 Å². The molecule has 3 rings (SSSR count). The van der Waals surface area contributed by atoms with Crippen LogP contribution in [0.4, 0.5) is 13.2 Å². The Kier molecular flexibility index (Phi) is 6.21. The molecule has 0 saturated heterocycles. The number of pyridine rings is 2. The maximum absolute atomic E-state index is 12.2. The van der Waals surface area contributed by atoms with Crippen molar-refractivity contribution in [2.75, 3.05) is 13.2 Å². The molecule has 3 aromatic heterocycles. The van der Waals surface area contributed by atoms with Crippen LogP contribution in [0.15, 0.2) is 30.7 Å². The fraction of sp³-hybridized carbons (Fsp3) is 0.333. The number of halogens is 4. The van der Waals surface area contributed by atoms with Gasteiger partial charge in [-0.05, 0) is 24.6 Å². The van der Waals surface area contributed by atoms with Crippen molar-refractivity contribution in [3.8, 4) is 5.88 Å². The molecule has 0 aromatic carbocycles. The number of ether oxygens (including phenoxy) is 2. The number of fused-ring (bicyclic) bond motifs is 1. The van der Waals surface area contributed by atoms with E-state index in [-0.39, 0.29) is 29.7 Å². The molecule has 0 saturated carbocycles. The minimum absolute atomic E-state index is 0.0703. The number of alkyl halides is 3. The van der Waals surface area contributed by atoms with Crippen molar-refractivity contribution >= 4 is 28.5 Å². The van der Waals surface area contributed by atoms with Crippen molar-refractivity contribution in [2.24, 2.45) is 0 Å². The Morgan fingerprint density at radius 1 is 1.31 bits per heavy atom. The molecule has 0 N–H and O–H groups in total. The van der Waals surface area contributed by atoms with E-state index in [1.165, 1.54) is 18.5 Å². The summed E-state index contributed by atoms with van der Waals surface area (Å²) in [6, 6.07) is 3.20. The van der Waals surface area contributed by atoms with Crippen LogP contribution in [-0.4, -0.2) is 45.1 Å². The lowest BCUT2D eigenvalue weighted by Gasteiger charge is -2.10. The summed E-state index contributed by atoms with van der Waals surface area (Å²) >= 11 is 6.06. The van der Waals surface area contributed by atoms with Crippen molar-refractivity contribution < 1.29 is 27.4 Å². The molecule has 0 amide bonds. The Morgan fingerprint density at radius 2 is 2.10 bits per heavy atom. The Hall–Kier alpha value is -2.88. The summed E-state index contributed by atoms with van der Waals surface area (Å²) in [5.41, 5.74) is 1.38. The van der Waals surface area contributed by atoms with Crippen LogP contribution in [0, 0.1) is 0 Å². The molecular formula is C18H16ClF3N4O3. The van der Waals surface area contributed by atoms with Crippen LogP contribution in [0.25, 0.3) is 10.9 Å². The fourth-order valence-corrected chi connectivity index (χ4v) is 2.79. The molecule has 0 unspecified atom stereocenters. The van der Waals surface area contributed by atoms with Gasteiger partial charge in [0, 0.05) is 18.6 Å². The zero-order valence-electron chi connectivity index (χ0n) is 15.2. The summed E-state index contributed by atoms with van der Waals surface area (Å²) in [6.45, 7) is 1.64. The molecule has 3 heterocycles. The zero-order chi connectivity index (χ0) is 21.0. The molecule has 29 heavy (non-hydrogen) atoms. The van der Waals surface area contributed by atoms with E-state index in [4.69, 9.17) is 21.1 Å². The van der Waals surface area contributed by atoms with Crippen LogP contribution in [-0.2, 0) is 11.3 Å². The van der Waals surface area contributed by atoms with Crippen molar-refractivity contribution in [2.45, 2.75) is 26.1 Å². The number of esters is 1. The minimum atomic E-state index is -4.31. The molecular weight excluding hydrogens is 413 g/mol. The molecule has 7 nitrogen and oxygen atoms in total. The van der Waals surface area contributed by atoms with Crippen molar-refractivity contribution in [1.29, 1.82) is 0 Å². The number of hydrogen-bond donors (Lipinski definition) is 0. The largest absolute Gasteiger partial charge is 0.476 e. The average molecular weight is 429 g/mol. The summed E-state index contributed by atoms with van der Waals surface area (Å²) < 4.78 is 48.2. The minimum Gasteiger partial charge on any atom is -0.476 e. The van der Waals surface area contributed by atoms with Gasteiger partial charge in [0.2, 0.25) is 5.88 Å². The Morgan fingerprint density at radius 3 is 2.79 bits per heavy atom. The second kappa shape index (κ2) is 8.64. The Bertz CT molecular complexity index is 1020. The Labute approximate surface area is 168 Å². The van der Waals surface area contributed by atoms with Gasteiger partial charge in [-0.1, -0.05) is 11.6 Å². The van der Waals surface area contributed by atoms with Gasteiger partial charge in [-0.15, -0.1) is 0 Å². The SMILES string of the molecule is CCOC(=O)c1nccc2nn(Cc3cnc(OCCC(F)(F)F)c(Cl)c3)cc12. The van der Waals surface area contributed by atoms with E-state index in [9.17, 15) is 18.0 Å². The highest BCUT2D eigenvalue weighted by atomic mass is 35.5. The number of carbonyl (C=O) groups is 1. The molecule has 0 aliphatic carbocycles. The second-order valence-corrected chi connectivity index (χ2v) is 6.39. The van der Waals surface area contributed by atoms with Gasteiger partial charge >= 0.3 is 12.1 Å². The van der Waals surface area contributed by atoms with E-state index in [1.54, 1.807) is 23.9 Å². The van der Waals surface area contributed by atoms with Gasteiger partial charge in [-0.25, -0.2) is 14.8 Å². The van der Waals surface area contributed by atoms with Crippen molar-refractivity contribution in [1.82, 2.24) is 19.7 Å². The second-order valence-electron chi connectivity index (χ2n) is 5.98. The predicted octanol–water partition coefficient (Wildman–Crippen LogP) is 4.04. The molecule has 11 heteroatoms. The molecule has 0 spiro atoms. The normalized spacial score (nSPS) is 11.6. The summed E-state index contributed by atoms with van der Waals surface area (Å²) in [5.74, 6) is -0.609. The third-order valence-corrected chi connectivity index (χ3v) is 4.05. The molecule has 0 aliphatic rings. The maximum atomic E-state index is 12.2. The third-order valence-electron chi connectivity index (χ3n) is 3.78. The van der Waals surface area contributed by atoms with Gasteiger partial charge < -0.3 is 9.47 Å². The highest BCUT2D eigenvalue weighted by Gasteiger charge is 2.27. The zero-order valence-corrected chi connectivity index (χ0v) is 16.0. The Balaban J connectivity index is 1.74. The lowest BCUT2D eigenvalue weighted by atomic mass is 10.2. The van der Waals surface area contributed by atoms with Crippen LogP contribution in [0.3, 0.4) is 0 Å². The summed E-state index contributed by atoms with van der Waals surface area (Å²) in [4.78, 5) is 20.1.